The number of aromatic nitrogens is 1. The fourth-order valence-corrected chi connectivity index (χ4v) is 1.65. The zero-order chi connectivity index (χ0) is 14.3. The molecule has 6 nitrogen and oxygen atoms in total. The molecule has 2 atom stereocenters. The fraction of sp³-hybridized carbons (Fsp3) is 0.462. The molecule has 0 bridgehead atoms. The SMILES string of the molecule is CCC(CC(=O)O)NC(=O)NC(C)c1cccnc1. The number of urea groups is 1. The summed E-state index contributed by atoms with van der Waals surface area (Å²) >= 11 is 0. The number of hydrogen-bond acceptors (Lipinski definition) is 3. The van der Waals surface area contributed by atoms with Crippen LogP contribution in [0.5, 0.6) is 0 Å². The van der Waals surface area contributed by atoms with Gasteiger partial charge in [0.25, 0.3) is 0 Å². The van der Waals surface area contributed by atoms with Crippen LogP contribution in [0.15, 0.2) is 24.5 Å². The van der Waals surface area contributed by atoms with Gasteiger partial charge in [-0.1, -0.05) is 13.0 Å². The average molecular weight is 265 g/mol. The Kier molecular flexibility index (Phi) is 5.78. The van der Waals surface area contributed by atoms with Gasteiger partial charge in [-0.25, -0.2) is 4.79 Å². The van der Waals surface area contributed by atoms with Crippen LogP contribution < -0.4 is 10.6 Å². The minimum Gasteiger partial charge on any atom is -0.481 e. The lowest BCUT2D eigenvalue weighted by atomic mass is 10.1. The molecular formula is C13H19N3O3. The monoisotopic (exact) mass is 265 g/mol. The lowest BCUT2D eigenvalue weighted by Crippen LogP contribution is -2.43. The van der Waals surface area contributed by atoms with Crippen LogP contribution in [0.2, 0.25) is 0 Å². The molecule has 0 radical (unpaired) electrons. The van der Waals surface area contributed by atoms with E-state index in [0.717, 1.165) is 5.56 Å². The highest BCUT2D eigenvalue weighted by molar-refractivity contribution is 5.76. The molecule has 1 aromatic heterocycles. The summed E-state index contributed by atoms with van der Waals surface area (Å²) in [6.07, 6.45) is 3.84. The molecule has 0 aliphatic rings. The molecule has 1 heterocycles. The van der Waals surface area contributed by atoms with Gasteiger partial charge in [-0.2, -0.15) is 0 Å². The Morgan fingerprint density at radius 2 is 2.16 bits per heavy atom. The van der Waals surface area contributed by atoms with Gasteiger partial charge in [0.15, 0.2) is 0 Å². The van der Waals surface area contributed by atoms with Gasteiger partial charge >= 0.3 is 12.0 Å². The second kappa shape index (κ2) is 7.35. The van der Waals surface area contributed by atoms with Crippen LogP contribution in [-0.4, -0.2) is 28.1 Å². The van der Waals surface area contributed by atoms with Gasteiger partial charge in [0, 0.05) is 18.4 Å². The molecule has 0 aliphatic heterocycles. The number of carboxylic acids is 1. The van der Waals surface area contributed by atoms with E-state index in [9.17, 15) is 9.59 Å². The lowest BCUT2D eigenvalue weighted by Gasteiger charge is -2.18. The molecule has 0 aliphatic carbocycles. The number of carboxylic acid groups (broad SMARTS) is 1. The minimum atomic E-state index is -0.924. The first-order chi connectivity index (χ1) is 9.02. The number of pyridine rings is 1. The van der Waals surface area contributed by atoms with E-state index in [1.807, 2.05) is 19.9 Å². The van der Waals surface area contributed by atoms with Gasteiger partial charge in [-0.15, -0.1) is 0 Å². The van der Waals surface area contributed by atoms with E-state index in [2.05, 4.69) is 15.6 Å². The number of nitrogens with one attached hydrogen (secondary N) is 2. The highest BCUT2D eigenvalue weighted by atomic mass is 16.4. The number of amides is 2. The maximum Gasteiger partial charge on any atom is 0.315 e. The van der Waals surface area contributed by atoms with Gasteiger partial charge in [0.1, 0.15) is 0 Å². The Bertz CT molecular complexity index is 422. The van der Waals surface area contributed by atoms with E-state index in [1.54, 1.807) is 18.5 Å². The molecule has 0 saturated heterocycles. The van der Waals surface area contributed by atoms with Crippen molar-refractivity contribution in [2.45, 2.75) is 38.8 Å². The Labute approximate surface area is 112 Å². The molecular weight excluding hydrogens is 246 g/mol. The predicted molar refractivity (Wildman–Crippen MR) is 70.7 cm³/mol. The van der Waals surface area contributed by atoms with Crippen LogP contribution in [0.25, 0.3) is 0 Å². The topological polar surface area (TPSA) is 91.3 Å². The van der Waals surface area contributed by atoms with Crippen LogP contribution in [0.4, 0.5) is 4.79 Å². The summed E-state index contributed by atoms with van der Waals surface area (Å²) < 4.78 is 0. The Hall–Kier alpha value is -2.11. The van der Waals surface area contributed by atoms with Crippen molar-refractivity contribution in [1.82, 2.24) is 15.6 Å². The van der Waals surface area contributed by atoms with Gasteiger partial charge < -0.3 is 15.7 Å². The molecule has 3 N–H and O–H groups in total. The lowest BCUT2D eigenvalue weighted by molar-refractivity contribution is -0.137. The van der Waals surface area contributed by atoms with Gasteiger partial charge in [0.05, 0.1) is 12.5 Å². The van der Waals surface area contributed by atoms with Crippen molar-refractivity contribution in [3.05, 3.63) is 30.1 Å². The highest BCUT2D eigenvalue weighted by Crippen LogP contribution is 2.09. The molecule has 1 aromatic rings. The average Bonchev–Trinajstić information content (AvgIpc) is 2.38. The van der Waals surface area contributed by atoms with Crippen molar-refractivity contribution in [1.29, 1.82) is 0 Å². The van der Waals surface area contributed by atoms with Crippen LogP contribution >= 0.6 is 0 Å². The second-order valence-electron chi connectivity index (χ2n) is 4.33. The first-order valence-corrected chi connectivity index (χ1v) is 6.21. The maximum absolute atomic E-state index is 11.7. The summed E-state index contributed by atoms with van der Waals surface area (Å²) in [5.74, 6) is -0.924. The van der Waals surface area contributed by atoms with Gasteiger partial charge in [-0.3, -0.25) is 9.78 Å². The highest BCUT2D eigenvalue weighted by Gasteiger charge is 2.15. The van der Waals surface area contributed by atoms with E-state index >= 15 is 0 Å². The molecule has 19 heavy (non-hydrogen) atoms. The quantitative estimate of drug-likeness (QED) is 0.730. The Balaban J connectivity index is 2.48. The van der Waals surface area contributed by atoms with Crippen molar-refractivity contribution >= 4 is 12.0 Å². The summed E-state index contributed by atoms with van der Waals surface area (Å²) in [4.78, 5) is 26.3. The van der Waals surface area contributed by atoms with E-state index in [4.69, 9.17) is 5.11 Å². The van der Waals surface area contributed by atoms with Crippen molar-refractivity contribution in [2.24, 2.45) is 0 Å². The first kappa shape index (κ1) is 14.9. The number of carbonyl (C=O) groups excluding carboxylic acids is 1. The zero-order valence-electron chi connectivity index (χ0n) is 11.1. The summed E-state index contributed by atoms with van der Waals surface area (Å²) in [5, 5.41) is 14.1. The number of rotatable bonds is 6. The van der Waals surface area contributed by atoms with Crippen LogP contribution in [-0.2, 0) is 4.79 Å². The second-order valence-corrected chi connectivity index (χ2v) is 4.33. The smallest absolute Gasteiger partial charge is 0.315 e. The molecule has 0 saturated carbocycles. The van der Waals surface area contributed by atoms with E-state index < -0.39 is 5.97 Å². The molecule has 0 spiro atoms. The van der Waals surface area contributed by atoms with E-state index in [0.29, 0.717) is 6.42 Å². The molecule has 6 heteroatoms. The van der Waals surface area contributed by atoms with Crippen LogP contribution in [0.1, 0.15) is 38.3 Å². The van der Waals surface area contributed by atoms with E-state index in [-0.39, 0.29) is 24.5 Å². The third-order valence-corrected chi connectivity index (χ3v) is 2.78. The van der Waals surface area contributed by atoms with Crippen molar-refractivity contribution in [2.75, 3.05) is 0 Å². The van der Waals surface area contributed by atoms with Gasteiger partial charge in [0.2, 0.25) is 0 Å². The maximum atomic E-state index is 11.7. The summed E-state index contributed by atoms with van der Waals surface area (Å²) in [7, 11) is 0. The minimum absolute atomic E-state index is 0.0782. The molecule has 104 valence electrons. The zero-order valence-corrected chi connectivity index (χ0v) is 11.1. The largest absolute Gasteiger partial charge is 0.481 e. The van der Waals surface area contributed by atoms with Crippen LogP contribution in [0.3, 0.4) is 0 Å². The van der Waals surface area contributed by atoms with Crippen molar-refractivity contribution in [3.63, 3.8) is 0 Å². The predicted octanol–water partition coefficient (Wildman–Crippen LogP) is 1.70. The number of hydrogen-bond donors (Lipinski definition) is 3. The summed E-state index contributed by atoms with van der Waals surface area (Å²) in [5.41, 5.74) is 0.893. The molecule has 2 amide bonds. The fourth-order valence-electron chi connectivity index (χ4n) is 1.65. The van der Waals surface area contributed by atoms with Crippen molar-refractivity contribution < 1.29 is 14.7 Å². The number of carbonyl (C=O) groups is 2. The van der Waals surface area contributed by atoms with Gasteiger partial charge in [-0.05, 0) is 25.0 Å². The third kappa shape index (κ3) is 5.37. The molecule has 2 unspecified atom stereocenters. The molecule has 0 aromatic carbocycles. The summed E-state index contributed by atoms with van der Waals surface area (Å²) in [6.45, 7) is 3.67. The van der Waals surface area contributed by atoms with Crippen molar-refractivity contribution in [3.8, 4) is 0 Å². The molecule has 0 fully saturated rings. The molecule has 1 rings (SSSR count). The normalized spacial score (nSPS) is 13.4. The third-order valence-electron chi connectivity index (χ3n) is 2.78. The van der Waals surface area contributed by atoms with Crippen LogP contribution in [0, 0.1) is 0 Å². The summed E-state index contributed by atoms with van der Waals surface area (Å²) in [6, 6.07) is 2.75. The number of nitrogens with zero attached hydrogens (tertiary/aromatic N) is 1. The first-order valence-electron chi connectivity index (χ1n) is 6.21. The number of aliphatic carboxylic acids is 1. The Morgan fingerprint density at radius 3 is 2.68 bits per heavy atom. The Morgan fingerprint density at radius 1 is 1.42 bits per heavy atom. The van der Waals surface area contributed by atoms with E-state index in [1.165, 1.54) is 0 Å². The standard InChI is InChI=1S/C13H19N3O3/c1-3-11(7-12(17)18)16-13(19)15-9(2)10-5-4-6-14-8-10/h4-6,8-9,11H,3,7H2,1-2H3,(H,17,18)(H2,15,16,19).